The maximum absolute atomic E-state index is 13.2. The third-order valence-electron chi connectivity index (χ3n) is 8.67. The van der Waals surface area contributed by atoms with Crippen molar-refractivity contribution in [2.45, 2.75) is 95.2 Å². The van der Waals surface area contributed by atoms with E-state index >= 15 is 0 Å². The molecule has 0 aromatic heterocycles. The van der Waals surface area contributed by atoms with E-state index in [2.05, 4.69) is 41.1 Å². The Labute approximate surface area is 188 Å². The van der Waals surface area contributed by atoms with Gasteiger partial charge in [0, 0.05) is 30.6 Å². The summed E-state index contributed by atoms with van der Waals surface area (Å²) in [5, 5.41) is 0. The molecule has 0 bridgehead atoms. The predicted molar refractivity (Wildman–Crippen MR) is 124 cm³/mol. The molecule has 3 fully saturated rings. The Bertz CT molecular complexity index is 760. The molecule has 3 saturated carbocycles. The third kappa shape index (κ3) is 4.65. The van der Waals surface area contributed by atoms with Crippen molar-refractivity contribution in [3.05, 3.63) is 29.8 Å². The summed E-state index contributed by atoms with van der Waals surface area (Å²) >= 11 is 0. The molecule has 5 rings (SSSR count). The van der Waals surface area contributed by atoms with E-state index in [0.717, 1.165) is 43.9 Å². The zero-order valence-corrected chi connectivity index (χ0v) is 19.4. The smallest absolute Gasteiger partial charge is 0.226 e. The maximum atomic E-state index is 13.2. The van der Waals surface area contributed by atoms with Crippen LogP contribution in [0.3, 0.4) is 0 Å². The Hall–Kier alpha value is -1.55. The Morgan fingerprint density at radius 2 is 1.77 bits per heavy atom. The SMILES string of the molecule is CN(CC1CCCCC1)C1CCC2(CC1)CN(C(=O)C1CCC1)Cc1ccccc1O2. The topological polar surface area (TPSA) is 32.8 Å². The first kappa shape index (κ1) is 21.3. The molecule has 31 heavy (non-hydrogen) atoms. The van der Waals surface area contributed by atoms with Gasteiger partial charge in [-0.3, -0.25) is 4.79 Å². The lowest BCUT2D eigenvalue weighted by Gasteiger charge is -2.44. The van der Waals surface area contributed by atoms with Crippen LogP contribution in [0.2, 0.25) is 0 Å². The van der Waals surface area contributed by atoms with Crippen molar-refractivity contribution in [3.8, 4) is 5.75 Å². The van der Waals surface area contributed by atoms with Crippen molar-refractivity contribution in [3.63, 3.8) is 0 Å². The molecule has 0 radical (unpaired) electrons. The van der Waals surface area contributed by atoms with Crippen LogP contribution in [0.1, 0.15) is 82.6 Å². The minimum Gasteiger partial charge on any atom is -0.485 e. The van der Waals surface area contributed by atoms with Crippen molar-refractivity contribution >= 4 is 5.91 Å². The van der Waals surface area contributed by atoms with Gasteiger partial charge in [-0.1, -0.05) is 43.9 Å². The van der Waals surface area contributed by atoms with E-state index < -0.39 is 0 Å². The lowest BCUT2D eigenvalue weighted by Crippen LogP contribution is -2.53. The molecule has 1 aromatic carbocycles. The molecular formula is C27H40N2O2. The first-order chi connectivity index (χ1) is 15.1. The van der Waals surface area contributed by atoms with Crippen LogP contribution in [-0.4, -0.2) is 47.5 Å². The number of amides is 1. The van der Waals surface area contributed by atoms with Gasteiger partial charge in [-0.15, -0.1) is 0 Å². The van der Waals surface area contributed by atoms with Gasteiger partial charge in [0.2, 0.25) is 5.91 Å². The van der Waals surface area contributed by atoms with Crippen molar-refractivity contribution in [2.75, 3.05) is 20.1 Å². The van der Waals surface area contributed by atoms with Crippen LogP contribution in [0.5, 0.6) is 5.75 Å². The molecule has 170 valence electrons. The van der Waals surface area contributed by atoms with Gasteiger partial charge in [-0.2, -0.15) is 0 Å². The van der Waals surface area contributed by atoms with Gasteiger partial charge in [0.1, 0.15) is 11.4 Å². The van der Waals surface area contributed by atoms with Gasteiger partial charge in [-0.25, -0.2) is 0 Å². The Morgan fingerprint density at radius 3 is 2.48 bits per heavy atom. The molecule has 1 spiro atoms. The van der Waals surface area contributed by atoms with Crippen molar-refractivity contribution in [1.29, 1.82) is 0 Å². The van der Waals surface area contributed by atoms with Gasteiger partial charge in [0.15, 0.2) is 0 Å². The fraction of sp³-hybridized carbons (Fsp3) is 0.741. The van der Waals surface area contributed by atoms with E-state index in [4.69, 9.17) is 4.74 Å². The fourth-order valence-corrected chi connectivity index (χ4v) is 6.43. The van der Waals surface area contributed by atoms with E-state index in [0.29, 0.717) is 18.5 Å². The van der Waals surface area contributed by atoms with Crippen molar-refractivity contribution in [2.24, 2.45) is 11.8 Å². The largest absolute Gasteiger partial charge is 0.485 e. The summed E-state index contributed by atoms with van der Waals surface area (Å²) in [6.45, 7) is 2.72. The molecule has 0 saturated heterocycles. The number of ether oxygens (including phenoxy) is 1. The molecule has 4 aliphatic rings. The number of carbonyl (C=O) groups is 1. The normalized spacial score (nSPS) is 29.9. The van der Waals surface area contributed by atoms with Gasteiger partial charge >= 0.3 is 0 Å². The van der Waals surface area contributed by atoms with Crippen molar-refractivity contribution in [1.82, 2.24) is 9.80 Å². The molecule has 0 unspecified atom stereocenters. The highest BCUT2D eigenvalue weighted by Crippen LogP contribution is 2.41. The summed E-state index contributed by atoms with van der Waals surface area (Å²) in [5.74, 6) is 2.51. The number of hydrogen-bond acceptors (Lipinski definition) is 3. The summed E-state index contributed by atoms with van der Waals surface area (Å²) in [7, 11) is 2.34. The van der Waals surface area contributed by atoms with Crippen LogP contribution >= 0.6 is 0 Å². The van der Waals surface area contributed by atoms with Crippen LogP contribution < -0.4 is 4.74 Å². The first-order valence-electron chi connectivity index (χ1n) is 12.9. The van der Waals surface area contributed by atoms with Crippen LogP contribution in [0.4, 0.5) is 0 Å². The minimum absolute atomic E-state index is 0.214. The Kier molecular flexibility index (Phi) is 6.28. The highest BCUT2D eigenvalue weighted by molar-refractivity contribution is 5.80. The fourth-order valence-electron chi connectivity index (χ4n) is 6.43. The number of rotatable bonds is 4. The summed E-state index contributed by atoms with van der Waals surface area (Å²) < 4.78 is 6.76. The second kappa shape index (κ2) is 9.13. The molecule has 0 atom stereocenters. The number of hydrogen-bond donors (Lipinski definition) is 0. The monoisotopic (exact) mass is 424 g/mol. The molecule has 3 aliphatic carbocycles. The molecular weight excluding hydrogens is 384 g/mol. The summed E-state index contributed by atoms with van der Waals surface area (Å²) in [4.78, 5) is 18.0. The molecule has 0 N–H and O–H groups in total. The second-order valence-corrected chi connectivity index (χ2v) is 10.9. The number of fused-ring (bicyclic) bond motifs is 1. The Balaban J connectivity index is 1.27. The van der Waals surface area contributed by atoms with E-state index in [1.54, 1.807) is 0 Å². The van der Waals surface area contributed by atoms with Gasteiger partial charge in [-0.05, 0) is 70.4 Å². The standard InChI is InChI=1S/C27H40N2O2/c1-28(18-21-8-3-2-4-9-21)24-14-16-27(17-15-24)20-29(26(30)22-11-7-12-22)19-23-10-5-6-13-25(23)31-27/h5-6,10,13,21-22,24H,2-4,7-9,11-12,14-20H2,1H3. The number of para-hydroxylation sites is 1. The van der Waals surface area contributed by atoms with Crippen LogP contribution in [0, 0.1) is 11.8 Å². The molecule has 1 aliphatic heterocycles. The third-order valence-corrected chi connectivity index (χ3v) is 8.67. The molecule has 4 nitrogen and oxygen atoms in total. The molecule has 1 amide bonds. The zero-order valence-electron chi connectivity index (χ0n) is 19.4. The minimum atomic E-state index is -0.214. The number of nitrogens with zero attached hydrogens (tertiary/aromatic N) is 2. The van der Waals surface area contributed by atoms with E-state index in [-0.39, 0.29) is 11.5 Å². The van der Waals surface area contributed by atoms with Gasteiger partial charge in [0.25, 0.3) is 0 Å². The average molecular weight is 425 g/mol. The number of carbonyl (C=O) groups excluding carboxylic acids is 1. The summed E-state index contributed by atoms with van der Waals surface area (Å²) in [6, 6.07) is 9.04. The van der Waals surface area contributed by atoms with E-state index in [1.807, 2.05) is 0 Å². The lowest BCUT2D eigenvalue weighted by molar-refractivity contribution is -0.142. The maximum Gasteiger partial charge on any atom is 0.226 e. The predicted octanol–water partition coefficient (Wildman–Crippen LogP) is 5.40. The van der Waals surface area contributed by atoms with Gasteiger partial charge in [0.05, 0.1) is 6.54 Å². The highest BCUT2D eigenvalue weighted by atomic mass is 16.5. The molecule has 1 heterocycles. The van der Waals surface area contributed by atoms with Crippen molar-refractivity contribution < 1.29 is 9.53 Å². The van der Waals surface area contributed by atoms with E-state index in [1.165, 1.54) is 63.5 Å². The van der Waals surface area contributed by atoms with Gasteiger partial charge < -0.3 is 14.5 Å². The highest BCUT2D eigenvalue weighted by Gasteiger charge is 2.44. The summed E-state index contributed by atoms with van der Waals surface area (Å²) in [5.41, 5.74) is 0.956. The quantitative estimate of drug-likeness (QED) is 0.649. The zero-order chi connectivity index (χ0) is 21.3. The van der Waals surface area contributed by atoms with Crippen LogP contribution in [0.15, 0.2) is 24.3 Å². The Morgan fingerprint density at radius 1 is 1.03 bits per heavy atom. The second-order valence-electron chi connectivity index (χ2n) is 10.9. The first-order valence-corrected chi connectivity index (χ1v) is 12.9. The average Bonchev–Trinajstić information content (AvgIpc) is 2.90. The molecule has 4 heteroatoms. The lowest BCUT2D eigenvalue weighted by atomic mass is 9.79. The molecule has 1 aromatic rings. The number of benzene rings is 1. The van der Waals surface area contributed by atoms with Crippen LogP contribution in [0.25, 0.3) is 0 Å². The summed E-state index contributed by atoms with van der Waals surface area (Å²) in [6.07, 6.45) is 14.9. The van der Waals surface area contributed by atoms with E-state index in [9.17, 15) is 4.79 Å². The van der Waals surface area contributed by atoms with Crippen LogP contribution in [-0.2, 0) is 11.3 Å².